The number of benzene rings is 2. The van der Waals surface area contributed by atoms with Gasteiger partial charge >= 0.3 is 17.9 Å². The molecule has 8 nitrogen and oxygen atoms in total. The second-order valence-electron chi connectivity index (χ2n) is 6.64. The zero-order chi connectivity index (χ0) is 22.5. The van der Waals surface area contributed by atoms with Gasteiger partial charge in [0.15, 0.2) is 11.5 Å². The number of carboxylic acids is 3. The minimum absolute atomic E-state index is 0.0544. The molecule has 0 fully saturated rings. The van der Waals surface area contributed by atoms with E-state index in [2.05, 4.69) is 5.32 Å². The van der Waals surface area contributed by atoms with E-state index in [1.807, 2.05) is 30.3 Å². The van der Waals surface area contributed by atoms with Crippen LogP contribution in [0.25, 0.3) is 10.4 Å². The zero-order valence-electron chi connectivity index (χ0n) is 16.4. The van der Waals surface area contributed by atoms with Crippen LogP contribution in [0.3, 0.4) is 0 Å². The number of thiophene rings is 1. The number of hydrogen-bond donors (Lipinski definition) is 4. The summed E-state index contributed by atoms with van der Waals surface area (Å²) in [5, 5.41) is 30.7. The highest BCUT2D eigenvalue weighted by atomic mass is 32.1. The molecular weight excluding hydrogens is 422 g/mol. The van der Waals surface area contributed by atoms with Crippen LogP contribution in [0.1, 0.15) is 31.2 Å². The molecule has 0 radical (unpaired) electrons. The smallest absolute Gasteiger partial charge is 0.349 e. The zero-order valence-corrected chi connectivity index (χ0v) is 17.2. The van der Waals surface area contributed by atoms with Gasteiger partial charge in [-0.15, -0.1) is 11.3 Å². The first-order chi connectivity index (χ1) is 14.8. The molecule has 3 rings (SSSR count). The Balaban J connectivity index is 1.85. The van der Waals surface area contributed by atoms with Gasteiger partial charge in [0.05, 0.1) is 5.56 Å². The van der Waals surface area contributed by atoms with Gasteiger partial charge < -0.3 is 25.4 Å². The minimum Gasteiger partial charge on any atom is -0.480 e. The van der Waals surface area contributed by atoms with Crippen LogP contribution in [0.2, 0.25) is 0 Å². The van der Waals surface area contributed by atoms with Gasteiger partial charge in [-0.1, -0.05) is 24.3 Å². The lowest BCUT2D eigenvalue weighted by molar-refractivity contribution is -0.139. The normalized spacial score (nSPS) is 10.5. The summed E-state index contributed by atoms with van der Waals surface area (Å²) in [7, 11) is 0. The van der Waals surface area contributed by atoms with E-state index >= 15 is 0 Å². The van der Waals surface area contributed by atoms with E-state index in [4.69, 9.17) is 14.9 Å². The Morgan fingerprint density at radius 2 is 1.74 bits per heavy atom. The molecule has 9 heteroatoms. The highest BCUT2D eigenvalue weighted by Gasteiger charge is 2.23. The highest BCUT2D eigenvalue weighted by molar-refractivity contribution is 7.18. The largest absolute Gasteiger partial charge is 0.480 e. The summed E-state index contributed by atoms with van der Waals surface area (Å²) in [6.07, 6.45) is 0. The van der Waals surface area contributed by atoms with Crippen molar-refractivity contribution in [3.05, 3.63) is 70.1 Å². The molecule has 4 N–H and O–H groups in total. The van der Waals surface area contributed by atoms with Crippen molar-refractivity contribution in [3.8, 4) is 16.2 Å². The maximum absolute atomic E-state index is 11.6. The van der Waals surface area contributed by atoms with Gasteiger partial charge in [0.25, 0.3) is 0 Å². The van der Waals surface area contributed by atoms with Crippen LogP contribution < -0.4 is 10.1 Å². The first-order valence-corrected chi connectivity index (χ1v) is 9.95. The second kappa shape index (κ2) is 9.31. The molecule has 0 bridgehead atoms. The molecule has 0 saturated heterocycles. The topological polar surface area (TPSA) is 133 Å². The molecular formula is C22H19NO7S. The third-order valence-electron chi connectivity index (χ3n) is 4.42. The maximum Gasteiger partial charge on any atom is 0.349 e. The Bertz CT molecular complexity index is 1150. The predicted octanol–water partition coefficient (Wildman–Crippen LogP) is 4.20. The van der Waals surface area contributed by atoms with Gasteiger partial charge in [-0.25, -0.2) is 14.4 Å². The summed E-state index contributed by atoms with van der Waals surface area (Å²) < 4.78 is 5.23. The van der Waals surface area contributed by atoms with Gasteiger partial charge in [-0.05, 0) is 42.3 Å². The molecule has 31 heavy (non-hydrogen) atoms. The third-order valence-corrected chi connectivity index (χ3v) is 5.73. The van der Waals surface area contributed by atoms with Crippen molar-refractivity contribution >= 4 is 34.9 Å². The van der Waals surface area contributed by atoms with E-state index < -0.39 is 24.5 Å². The Kier molecular flexibility index (Phi) is 6.56. The first kappa shape index (κ1) is 21.8. The van der Waals surface area contributed by atoms with Crippen LogP contribution in [0.5, 0.6) is 5.75 Å². The summed E-state index contributed by atoms with van der Waals surface area (Å²) in [5.41, 5.74) is 3.07. The Hall–Kier alpha value is -3.85. The molecule has 1 aromatic heterocycles. The molecule has 0 atom stereocenters. The molecule has 2 aromatic carbocycles. The molecule has 3 aromatic rings. The number of ether oxygens (including phenoxy) is 1. The molecule has 0 amide bonds. The van der Waals surface area contributed by atoms with Gasteiger partial charge in [-0.3, -0.25) is 0 Å². The van der Waals surface area contributed by atoms with Crippen molar-refractivity contribution in [1.29, 1.82) is 0 Å². The van der Waals surface area contributed by atoms with E-state index in [-0.39, 0.29) is 16.2 Å². The summed E-state index contributed by atoms with van der Waals surface area (Å²) in [6.45, 7) is 1.46. The van der Waals surface area contributed by atoms with Gasteiger partial charge in [0.2, 0.25) is 0 Å². The summed E-state index contributed by atoms with van der Waals surface area (Å²) in [4.78, 5) is 34.1. The fourth-order valence-corrected chi connectivity index (χ4v) is 4.10. The predicted molar refractivity (Wildman–Crippen MR) is 115 cm³/mol. The van der Waals surface area contributed by atoms with Crippen LogP contribution in [-0.2, 0) is 11.3 Å². The molecule has 0 aliphatic heterocycles. The van der Waals surface area contributed by atoms with E-state index in [1.54, 1.807) is 19.1 Å². The standard InChI is InChI=1S/C22H19NO7S/c1-12-18(30-11-17(24)25)20(22(28)29)31-19(12)14-5-3-7-16(9-14)23-10-13-4-2-6-15(8-13)21(26)27/h2-9,23H,10-11H2,1H3,(H,24,25)(H,26,27)(H,28,29). The van der Waals surface area contributed by atoms with Crippen LogP contribution in [0.15, 0.2) is 48.5 Å². The Morgan fingerprint density at radius 1 is 1.00 bits per heavy atom. The summed E-state index contributed by atoms with van der Waals surface area (Å²) in [5.74, 6) is -3.32. The first-order valence-electron chi connectivity index (χ1n) is 9.14. The number of aliphatic carboxylic acids is 1. The fraction of sp³-hybridized carbons (Fsp3) is 0.136. The number of hydrogen-bond acceptors (Lipinski definition) is 6. The van der Waals surface area contributed by atoms with Crippen molar-refractivity contribution in [2.24, 2.45) is 0 Å². The van der Waals surface area contributed by atoms with Crippen LogP contribution in [0, 0.1) is 6.92 Å². The highest BCUT2D eigenvalue weighted by Crippen LogP contribution is 2.42. The lowest BCUT2D eigenvalue weighted by Crippen LogP contribution is -2.11. The number of nitrogens with one attached hydrogen (secondary N) is 1. The molecule has 0 unspecified atom stereocenters. The maximum atomic E-state index is 11.6. The van der Waals surface area contributed by atoms with Crippen molar-refractivity contribution in [3.63, 3.8) is 0 Å². The average Bonchev–Trinajstić information content (AvgIpc) is 3.07. The van der Waals surface area contributed by atoms with Crippen LogP contribution in [0.4, 0.5) is 5.69 Å². The molecule has 0 aliphatic carbocycles. The van der Waals surface area contributed by atoms with Gasteiger partial charge in [0, 0.05) is 22.7 Å². The monoisotopic (exact) mass is 441 g/mol. The SMILES string of the molecule is Cc1c(-c2cccc(NCc3cccc(C(=O)O)c3)c2)sc(C(=O)O)c1OCC(=O)O. The molecule has 0 spiro atoms. The molecule has 160 valence electrons. The Morgan fingerprint density at radius 3 is 2.42 bits per heavy atom. The quantitative estimate of drug-likeness (QED) is 0.388. The van der Waals surface area contributed by atoms with Gasteiger partial charge in [-0.2, -0.15) is 0 Å². The number of anilines is 1. The lowest BCUT2D eigenvalue weighted by atomic mass is 10.1. The van der Waals surface area contributed by atoms with Crippen LogP contribution >= 0.6 is 11.3 Å². The van der Waals surface area contributed by atoms with E-state index in [0.29, 0.717) is 17.0 Å². The summed E-state index contributed by atoms with van der Waals surface area (Å²) >= 11 is 1.02. The van der Waals surface area contributed by atoms with E-state index in [0.717, 1.165) is 28.2 Å². The summed E-state index contributed by atoms with van der Waals surface area (Å²) in [6, 6.07) is 13.9. The van der Waals surface area contributed by atoms with Crippen molar-refractivity contribution in [1.82, 2.24) is 0 Å². The number of carbonyl (C=O) groups is 3. The van der Waals surface area contributed by atoms with Crippen molar-refractivity contribution in [2.45, 2.75) is 13.5 Å². The molecule has 1 heterocycles. The Labute approximate surface area is 181 Å². The molecule has 0 saturated carbocycles. The third kappa shape index (κ3) is 5.20. The fourth-order valence-electron chi connectivity index (χ4n) is 3.01. The van der Waals surface area contributed by atoms with Crippen molar-refractivity contribution < 1.29 is 34.4 Å². The minimum atomic E-state index is -1.19. The molecule has 0 aliphatic rings. The van der Waals surface area contributed by atoms with E-state index in [1.165, 1.54) is 6.07 Å². The lowest BCUT2D eigenvalue weighted by Gasteiger charge is -2.09. The number of carboxylic acid groups (broad SMARTS) is 3. The average molecular weight is 441 g/mol. The number of rotatable bonds is 9. The van der Waals surface area contributed by atoms with Crippen molar-refractivity contribution in [2.75, 3.05) is 11.9 Å². The van der Waals surface area contributed by atoms with Crippen LogP contribution in [-0.4, -0.2) is 39.8 Å². The second-order valence-corrected chi connectivity index (χ2v) is 7.66. The van der Waals surface area contributed by atoms with E-state index in [9.17, 15) is 19.5 Å². The van der Waals surface area contributed by atoms with Gasteiger partial charge in [0.1, 0.15) is 5.75 Å². The number of aromatic carboxylic acids is 2.